The van der Waals surface area contributed by atoms with Crippen LogP contribution in [0.4, 0.5) is 0 Å². The fraction of sp³-hybridized carbons (Fsp3) is 0.860. The van der Waals surface area contributed by atoms with Crippen LogP contribution in [0.3, 0.4) is 0 Å². The van der Waals surface area contributed by atoms with E-state index in [-0.39, 0.29) is 12.2 Å². The van der Waals surface area contributed by atoms with Gasteiger partial charge in [-0.3, -0.25) is 0 Å². The van der Waals surface area contributed by atoms with Gasteiger partial charge in [-0.2, -0.15) is 0 Å². The van der Waals surface area contributed by atoms with Gasteiger partial charge >= 0.3 is 0 Å². The number of rotatable bonds is 39. The lowest BCUT2D eigenvalue weighted by atomic mass is 10.0. The molecular formula is C43H83NO4. The van der Waals surface area contributed by atoms with Crippen LogP contribution in [0.2, 0.25) is 0 Å². The number of nitrogens with one attached hydrogen (secondary N) is 1. The van der Waals surface area contributed by atoms with Crippen LogP contribution < -0.4 is 5.32 Å². The zero-order chi connectivity index (χ0) is 35.0. The largest absolute Gasteiger partial charge is 0.378 e. The zero-order valence-electron chi connectivity index (χ0n) is 32.6. The first-order valence-electron chi connectivity index (χ1n) is 20.8. The Hall–Kier alpha value is -0.980. The van der Waals surface area contributed by atoms with E-state index in [1.165, 1.54) is 109 Å². The number of aliphatic hydroxyl groups excluding tert-OH is 1. The van der Waals surface area contributed by atoms with Gasteiger partial charge in [0.25, 0.3) is 0 Å². The van der Waals surface area contributed by atoms with Crippen LogP contribution in [-0.2, 0) is 14.2 Å². The Kier molecular flexibility index (Phi) is 39.6. The van der Waals surface area contributed by atoms with Gasteiger partial charge in [-0.15, -0.1) is 0 Å². The molecular weight excluding hydrogens is 594 g/mol. The van der Waals surface area contributed by atoms with E-state index in [0.717, 1.165) is 77.5 Å². The Labute approximate surface area is 300 Å². The van der Waals surface area contributed by atoms with Crippen molar-refractivity contribution >= 4 is 0 Å². The molecule has 0 aliphatic heterocycles. The lowest BCUT2D eigenvalue weighted by molar-refractivity contribution is -0.113. The summed E-state index contributed by atoms with van der Waals surface area (Å²) >= 11 is 0. The molecule has 0 spiro atoms. The molecule has 5 nitrogen and oxygen atoms in total. The van der Waals surface area contributed by atoms with Crippen LogP contribution in [-0.4, -0.2) is 57.0 Å². The van der Waals surface area contributed by atoms with Gasteiger partial charge in [-0.25, -0.2) is 0 Å². The van der Waals surface area contributed by atoms with Crippen molar-refractivity contribution in [3.63, 3.8) is 0 Å². The fourth-order valence-electron chi connectivity index (χ4n) is 6.03. The molecule has 5 heteroatoms. The smallest absolute Gasteiger partial charge is 0.154 e. The zero-order valence-corrected chi connectivity index (χ0v) is 32.6. The Morgan fingerprint density at radius 3 is 1.25 bits per heavy atom. The molecule has 0 fully saturated rings. The summed E-state index contributed by atoms with van der Waals surface area (Å²) in [4.78, 5) is 0. The first-order chi connectivity index (χ1) is 23.7. The third-order valence-corrected chi connectivity index (χ3v) is 9.07. The maximum atomic E-state index is 10.4. The first-order valence-corrected chi connectivity index (χ1v) is 20.8. The van der Waals surface area contributed by atoms with E-state index in [1.54, 1.807) is 0 Å². The summed E-state index contributed by atoms with van der Waals surface area (Å²) in [5.74, 6) is 0. The summed E-state index contributed by atoms with van der Waals surface area (Å²) in [5, 5.41) is 13.7. The molecule has 3 atom stereocenters. The average Bonchev–Trinajstić information content (AvgIpc) is 3.09. The minimum atomic E-state index is -0.655. The molecule has 3 unspecified atom stereocenters. The van der Waals surface area contributed by atoms with E-state index >= 15 is 0 Å². The number of hydrogen-bond donors (Lipinski definition) is 2. The number of aliphatic hydroxyl groups is 1. The first kappa shape index (κ1) is 47.0. The molecule has 0 heterocycles. The molecule has 0 amide bonds. The van der Waals surface area contributed by atoms with Crippen molar-refractivity contribution in [2.24, 2.45) is 0 Å². The predicted octanol–water partition coefficient (Wildman–Crippen LogP) is 12.2. The molecule has 0 radical (unpaired) electrons. The minimum absolute atomic E-state index is 0.186. The lowest BCUT2D eigenvalue weighted by Crippen LogP contribution is -2.24. The van der Waals surface area contributed by atoms with Gasteiger partial charge in [0.15, 0.2) is 6.29 Å². The van der Waals surface area contributed by atoms with Crippen molar-refractivity contribution in [1.29, 1.82) is 0 Å². The molecule has 0 aliphatic carbocycles. The highest BCUT2D eigenvalue weighted by atomic mass is 16.6. The van der Waals surface area contributed by atoms with E-state index < -0.39 is 6.29 Å². The molecule has 0 aliphatic rings. The quantitative estimate of drug-likeness (QED) is 0.0385. The number of hydrogen-bond acceptors (Lipinski definition) is 5. The lowest BCUT2D eigenvalue weighted by Gasteiger charge is -2.22. The maximum Gasteiger partial charge on any atom is 0.154 e. The van der Waals surface area contributed by atoms with E-state index in [4.69, 9.17) is 14.2 Å². The second kappa shape index (κ2) is 40.4. The Morgan fingerprint density at radius 1 is 0.438 bits per heavy atom. The van der Waals surface area contributed by atoms with Gasteiger partial charge in [0, 0.05) is 13.2 Å². The summed E-state index contributed by atoms with van der Waals surface area (Å²) in [5.41, 5.74) is 0. The summed E-state index contributed by atoms with van der Waals surface area (Å²) in [7, 11) is 1.98. The van der Waals surface area contributed by atoms with Crippen LogP contribution in [0.25, 0.3) is 0 Å². The Bertz CT molecular complexity index is 694. The third-order valence-electron chi connectivity index (χ3n) is 9.07. The minimum Gasteiger partial charge on any atom is -0.378 e. The number of likely N-dealkylation sites (N-methyl/N-ethyl adjacent to an activating group) is 1. The SMILES string of the molecule is CCC=CCCCCCCCC(O)OCCC(CCCCCCCC=CCC)OCCC(CCCCCCCC=CCC)OCCNC. The van der Waals surface area contributed by atoms with Gasteiger partial charge in [0.1, 0.15) is 0 Å². The molecule has 0 aromatic heterocycles. The maximum absolute atomic E-state index is 10.4. The highest BCUT2D eigenvalue weighted by molar-refractivity contribution is 4.81. The van der Waals surface area contributed by atoms with E-state index in [1.807, 2.05) is 7.05 Å². The average molecular weight is 678 g/mol. The van der Waals surface area contributed by atoms with Crippen LogP contribution in [0.5, 0.6) is 0 Å². The Balaban J connectivity index is 4.54. The van der Waals surface area contributed by atoms with Gasteiger partial charge in [0.2, 0.25) is 0 Å². The molecule has 0 bridgehead atoms. The van der Waals surface area contributed by atoms with Crippen molar-refractivity contribution < 1.29 is 19.3 Å². The van der Waals surface area contributed by atoms with Crippen LogP contribution in [0.15, 0.2) is 36.5 Å². The molecule has 284 valence electrons. The van der Waals surface area contributed by atoms with Crippen LogP contribution in [0, 0.1) is 0 Å². The van der Waals surface area contributed by atoms with Gasteiger partial charge in [-0.1, -0.05) is 128 Å². The van der Waals surface area contributed by atoms with Gasteiger partial charge < -0.3 is 24.6 Å². The molecule has 0 saturated heterocycles. The van der Waals surface area contributed by atoms with Crippen molar-refractivity contribution in [2.45, 2.75) is 206 Å². The number of unbranched alkanes of at least 4 members (excludes halogenated alkanes) is 15. The Morgan fingerprint density at radius 2 is 0.812 bits per heavy atom. The van der Waals surface area contributed by atoms with E-state index in [0.29, 0.717) is 6.61 Å². The number of ether oxygens (including phenoxy) is 3. The van der Waals surface area contributed by atoms with E-state index in [2.05, 4.69) is 62.5 Å². The summed E-state index contributed by atoms with van der Waals surface area (Å²) < 4.78 is 18.6. The second-order valence-electron chi connectivity index (χ2n) is 13.7. The molecule has 48 heavy (non-hydrogen) atoms. The van der Waals surface area contributed by atoms with Crippen molar-refractivity contribution in [2.75, 3.05) is 33.4 Å². The topological polar surface area (TPSA) is 60.0 Å². The normalized spacial score (nSPS) is 14.2. The van der Waals surface area contributed by atoms with Crippen LogP contribution in [0.1, 0.15) is 188 Å². The van der Waals surface area contributed by atoms with E-state index in [9.17, 15) is 5.11 Å². The predicted molar refractivity (Wildman–Crippen MR) is 210 cm³/mol. The summed E-state index contributed by atoms with van der Waals surface area (Å²) in [6, 6.07) is 0. The van der Waals surface area contributed by atoms with Crippen molar-refractivity contribution in [3.05, 3.63) is 36.5 Å². The second-order valence-corrected chi connectivity index (χ2v) is 13.7. The molecule has 0 aromatic rings. The van der Waals surface area contributed by atoms with Crippen molar-refractivity contribution in [1.82, 2.24) is 5.32 Å². The van der Waals surface area contributed by atoms with Gasteiger partial charge in [0.05, 0.1) is 25.4 Å². The summed E-state index contributed by atoms with van der Waals surface area (Å²) in [6.07, 6.45) is 44.2. The fourth-order valence-corrected chi connectivity index (χ4v) is 6.03. The highest BCUT2D eigenvalue weighted by Gasteiger charge is 2.14. The monoisotopic (exact) mass is 678 g/mol. The highest BCUT2D eigenvalue weighted by Crippen LogP contribution is 2.18. The molecule has 0 saturated carbocycles. The number of allylic oxidation sites excluding steroid dienone is 6. The third kappa shape index (κ3) is 36.3. The van der Waals surface area contributed by atoms with Crippen molar-refractivity contribution in [3.8, 4) is 0 Å². The molecule has 2 N–H and O–H groups in total. The van der Waals surface area contributed by atoms with Crippen LogP contribution >= 0.6 is 0 Å². The summed E-state index contributed by atoms with van der Waals surface area (Å²) in [6.45, 7) is 9.53. The van der Waals surface area contributed by atoms with Gasteiger partial charge in [-0.05, 0) is 103 Å². The molecule has 0 aromatic carbocycles. The standard InChI is InChI=1S/C43H83NO4/c1-5-8-11-14-17-20-23-26-29-32-41(36-39-48-43(45)34-31-28-25-22-19-16-13-10-7-3)46-38-35-42(47-40-37-44-4)33-30-27-24-21-18-15-12-9-6-2/h8-13,41-45H,5-7,14-40H2,1-4H3. The molecule has 0 rings (SSSR count).